The number of nitrogens with one attached hydrogen (secondary N) is 2. The quantitative estimate of drug-likeness (QED) is 0.362. The van der Waals surface area contributed by atoms with E-state index in [-0.39, 0.29) is 36.7 Å². The molecule has 0 bridgehead atoms. The second-order valence-electron chi connectivity index (χ2n) is 5.09. The average molecular weight is 376 g/mol. The Balaban J connectivity index is 0.00000264. The van der Waals surface area contributed by atoms with Gasteiger partial charge >= 0.3 is 0 Å². The first-order valence-electron chi connectivity index (χ1n) is 7.03. The summed E-state index contributed by atoms with van der Waals surface area (Å²) in [5.41, 5.74) is 13.0. The molecule has 1 heterocycles. The Labute approximate surface area is 153 Å². The minimum absolute atomic E-state index is 0. The monoisotopic (exact) mass is 375 g/mol. The number of rotatable bonds is 5. The molecule has 24 heavy (non-hydrogen) atoms. The van der Waals surface area contributed by atoms with Crippen molar-refractivity contribution in [2.75, 3.05) is 20.2 Å². The van der Waals surface area contributed by atoms with E-state index in [9.17, 15) is 4.79 Å². The van der Waals surface area contributed by atoms with E-state index in [4.69, 9.17) is 21.6 Å². The average Bonchev–Trinajstić information content (AvgIpc) is 2.94. The Bertz CT molecular complexity index is 717. The van der Waals surface area contributed by atoms with Gasteiger partial charge in [0.05, 0.1) is 12.1 Å². The summed E-state index contributed by atoms with van der Waals surface area (Å²) < 4.78 is 5.71. The molecule has 134 valence electrons. The van der Waals surface area contributed by atoms with Crippen LogP contribution in [0, 0.1) is 12.3 Å². The van der Waals surface area contributed by atoms with Gasteiger partial charge in [0.2, 0.25) is 0 Å². The van der Waals surface area contributed by atoms with Gasteiger partial charge in [-0.25, -0.2) is 0 Å². The Kier molecular flexibility index (Phi) is 8.60. The van der Waals surface area contributed by atoms with Crippen molar-refractivity contribution in [3.8, 4) is 5.75 Å². The number of hydrogen-bond donors (Lipinski definition) is 4. The number of carbonyl (C=O) groups excluding carboxylic acids is 1. The summed E-state index contributed by atoms with van der Waals surface area (Å²) in [6, 6.07) is 5.56. The van der Waals surface area contributed by atoms with Gasteiger partial charge in [0.1, 0.15) is 11.4 Å². The number of nitrogens with zero attached hydrogens (tertiary/aromatic N) is 1. The molecule has 0 unspecified atom stereocenters. The van der Waals surface area contributed by atoms with Crippen LogP contribution in [-0.4, -0.2) is 41.9 Å². The van der Waals surface area contributed by atoms with Gasteiger partial charge in [0.15, 0.2) is 5.96 Å². The van der Waals surface area contributed by atoms with E-state index >= 15 is 0 Å². The molecule has 0 atom stereocenters. The number of nitrogens with two attached hydrogens (primary N) is 2. The fraction of sp³-hybridized carbons (Fsp3) is 0.333. The number of aromatic nitrogens is 1. The van der Waals surface area contributed by atoms with Crippen LogP contribution >= 0.6 is 24.8 Å². The molecule has 0 radical (unpaired) electrons. The number of halogens is 2. The summed E-state index contributed by atoms with van der Waals surface area (Å²) in [6.07, 6.45) is 0.759. The van der Waals surface area contributed by atoms with Crippen LogP contribution in [-0.2, 0) is 0 Å². The predicted octanol–water partition coefficient (Wildman–Crippen LogP) is 2.01. The number of fused-ring (bicyclic) bond motifs is 1. The van der Waals surface area contributed by atoms with E-state index in [1.807, 2.05) is 19.1 Å². The fourth-order valence-corrected chi connectivity index (χ4v) is 2.12. The smallest absolute Gasteiger partial charge is 0.276 e. The molecule has 0 aliphatic rings. The van der Waals surface area contributed by atoms with Crippen LogP contribution < -0.4 is 16.2 Å². The minimum Gasteiger partial charge on any atom is -0.491 e. The summed E-state index contributed by atoms with van der Waals surface area (Å²) in [5, 5.41) is 8.25. The third-order valence-electron chi connectivity index (χ3n) is 3.48. The van der Waals surface area contributed by atoms with Crippen LogP contribution in [0.2, 0.25) is 0 Å². The molecule has 2 rings (SSSR count). The highest BCUT2D eigenvalue weighted by Gasteiger charge is 2.18. The standard InChI is InChI=1S/C15H21N5O2.2ClH/c1-9-4-5-12(22-7-3-6-16)13-10(9)8-11(19-13)14(21)20(2)15(17)18;;/h4-5,8,19H,3,6-7,16H2,1-2H3,(H3,17,18);2*1H. The van der Waals surface area contributed by atoms with E-state index < -0.39 is 0 Å². The maximum absolute atomic E-state index is 12.3. The Morgan fingerprint density at radius 1 is 1.38 bits per heavy atom. The van der Waals surface area contributed by atoms with Crippen LogP contribution in [0.25, 0.3) is 10.9 Å². The van der Waals surface area contributed by atoms with Gasteiger partial charge in [-0.1, -0.05) is 6.07 Å². The highest BCUT2D eigenvalue weighted by Crippen LogP contribution is 2.29. The number of H-pyrrole nitrogens is 1. The maximum atomic E-state index is 12.3. The van der Waals surface area contributed by atoms with Crippen LogP contribution in [0.15, 0.2) is 18.2 Å². The van der Waals surface area contributed by atoms with Gasteiger partial charge in [-0.2, -0.15) is 0 Å². The van der Waals surface area contributed by atoms with E-state index in [1.54, 1.807) is 6.07 Å². The molecule has 2 aromatic rings. The lowest BCUT2D eigenvalue weighted by Gasteiger charge is -2.12. The number of carbonyl (C=O) groups is 1. The first-order chi connectivity index (χ1) is 10.5. The zero-order valence-corrected chi connectivity index (χ0v) is 15.2. The summed E-state index contributed by atoms with van der Waals surface area (Å²) in [6.45, 7) is 3.04. The van der Waals surface area contributed by atoms with Crippen molar-refractivity contribution in [3.05, 3.63) is 29.5 Å². The molecule has 1 aromatic heterocycles. The van der Waals surface area contributed by atoms with E-state index in [0.717, 1.165) is 27.8 Å². The summed E-state index contributed by atoms with van der Waals surface area (Å²) in [7, 11) is 1.46. The molecule has 0 saturated carbocycles. The Morgan fingerprint density at radius 3 is 2.62 bits per heavy atom. The maximum Gasteiger partial charge on any atom is 0.276 e. The Hall–Kier alpha value is -1.96. The van der Waals surface area contributed by atoms with Crippen molar-refractivity contribution >= 4 is 47.6 Å². The van der Waals surface area contributed by atoms with Crippen LogP contribution in [0.1, 0.15) is 22.5 Å². The van der Waals surface area contributed by atoms with Crippen LogP contribution in [0.3, 0.4) is 0 Å². The van der Waals surface area contributed by atoms with E-state index in [0.29, 0.717) is 24.6 Å². The fourth-order valence-electron chi connectivity index (χ4n) is 2.12. The number of ether oxygens (including phenoxy) is 1. The molecule has 0 aliphatic heterocycles. The number of aromatic amines is 1. The third-order valence-corrected chi connectivity index (χ3v) is 3.48. The lowest BCUT2D eigenvalue weighted by molar-refractivity contribution is 0.0864. The highest BCUT2D eigenvalue weighted by molar-refractivity contribution is 6.06. The van der Waals surface area contributed by atoms with Crippen LogP contribution in [0.5, 0.6) is 5.75 Å². The number of guanidine groups is 1. The number of aryl methyl sites for hydroxylation is 1. The topological polar surface area (TPSA) is 121 Å². The van der Waals surface area contributed by atoms with Crippen molar-refractivity contribution in [2.45, 2.75) is 13.3 Å². The molecule has 9 heteroatoms. The minimum atomic E-state index is -0.365. The van der Waals surface area contributed by atoms with Crippen molar-refractivity contribution in [1.82, 2.24) is 9.88 Å². The second-order valence-corrected chi connectivity index (χ2v) is 5.09. The number of hydrogen-bond acceptors (Lipinski definition) is 4. The van der Waals surface area contributed by atoms with Crippen molar-refractivity contribution in [3.63, 3.8) is 0 Å². The SMILES string of the molecule is Cc1ccc(OCCCN)c2[nH]c(C(=O)N(C)C(=N)N)cc12.Cl.Cl. The molecular formula is C15H23Cl2N5O2. The lowest BCUT2D eigenvalue weighted by atomic mass is 10.1. The van der Waals surface area contributed by atoms with Crippen molar-refractivity contribution in [1.29, 1.82) is 5.41 Å². The first-order valence-corrected chi connectivity index (χ1v) is 7.03. The van der Waals surface area contributed by atoms with Gasteiger partial charge in [0, 0.05) is 12.4 Å². The van der Waals surface area contributed by atoms with E-state index in [2.05, 4.69) is 4.98 Å². The summed E-state index contributed by atoms with van der Waals surface area (Å²) in [4.78, 5) is 16.4. The molecule has 0 spiro atoms. The number of benzene rings is 1. The molecule has 6 N–H and O–H groups in total. The normalized spacial score (nSPS) is 9.79. The molecule has 1 amide bonds. The molecule has 0 fully saturated rings. The molecule has 7 nitrogen and oxygen atoms in total. The number of amides is 1. The largest absolute Gasteiger partial charge is 0.491 e. The van der Waals surface area contributed by atoms with Crippen LogP contribution in [0.4, 0.5) is 0 Å². The van der Waals surface area contributed by atoms with Gasteiger partial charge < -0.3 is 21.2 Å². The van der Waals surface area contributed by atoms with Gasteiger partial charge in [-0.3, -0.25) is 15.1 Å². The Morgan fingerprint density at radius 2 is 2.04 bits per heavy atom. The summed E-state index contributed by atoms with van der Waals surface area (Å²) in [5.74, 6) is 0.00869. The van der Waals surface area contributed by atoms with Gasteiger partial charge in [-0.05, 0) is 37.6 Å². The van der Waals surface area contributed by atoms with E-state index in [1.165, 1.54) is 7.05 Å². The molecular weight excluding hydrogens is 353 g/mol. The summed E-state index contributed by atoms with van der Waals surface area (Å²) >= 11 is 0. The van der Waals surface area contributed by atoms with Crippen molar-refractivity contribution < 1.29 is 9.53 Å². The van der Waals surface area contributed by atoms with Gasteiger partial charge in [0.25, 0.3) is 5.91 Å². The molecule has 0 saturated heterocycles. The second kappa shape index (κ2) is 9.36. The highest BCUT2D eigenvalue weighted by atomic mass is 35.5. The van der Waals surface area contributed by atoms with Crippen molar-refractivity contribution in [2.24, 2.45) is 11.5 Å². The molecule has 1 aromatic carbocycles. The third kappa shape index (κ3) is 4.53. The van der Waals surface area contributed by atoms with Gasteiger partial charge in [-0.15, -0.1) is 24.8 Å². The zero-order chi connectivity index (χ0) is 16.3. The predicted molar refractivity (Wildman–Crippen MR) is 101 cm³/mol. The molecule has 0 aliphatic carbocycles. The zero-order valence-electron chi connectivity index (χ0n) is 13.6. The first kappa shape index (κ1) is 22.0. The lowest BCUT2D eigenvalue weighted by Crippen LogP contribution is -2.38.